The molecule has 0 aliphatic rings. The highest BCUT2D eigenvalue weighted by Gasteiger charge is 2.26. The third-order valence-corrected chi connectivity index (χ3v) is 6.85. The van der Waals surface area contributed by atoms with Crippen molar-refractivity contribution in [3.63, 3.8) is 0 Å². The molecular formula is C19H21ClFN3O2S2. The zero-order valence-corrected chi connectivity index (χ0v) is 18.3. The summed E-state index contributed by atoms with van der Waals surface area (Å²) >= 11 is 7.48. The highest BCUT2D eigenvalue weighted by Crippen LogP contribution is 2.39. The van der Waals surface area contributed by atoms with Crippen molar-refractivity contribution in [2.75, 3.05) is 0 Å². The number of fused-ring (bicyclic) bond motifs is 1. The average Bonchev–Trinajstić information content (AvgIpc) is 3.05. The Kier molecular flexibility index (Phi) is 6.34. The number of rotatable bonds is 6. The van der Waals surface area contributed by atoms with E-state index < -0.39 is 27.6 Å². The highest BCUT2D eigenvalue weighted by atomic mass is 35.5. The molecule has 0 amide bonds. The van der Waals surface area contributed by atoms with E-state index in [1.165, 1.54) is 11.3 Å². The van der Waals surface area contributed by atoms with Crippen LogP contribution in [0, 0.1) is 5.82 Å². The largest absolute Gasteiger partial charge is 0.426 e. The summed E-state index contributed by atoms with van der Waals surface area (Å²) in [5.41, 5.74) is 1.02. The first-order valence-corrected chi connectivity index (χ1v) is 11.1. The molecule has 0 unspecified atom stereocenters. The Morgan fingerprint density at radius 1 is 1.36 bits per heavy atom. The molecule has 3 aromatic rings. The number of thiazole rings is 1. The first-order chi connectivity index (χ1) is 13.2. The Morgan fingerprint density at radius 2 is 2.11 bits per heavy atom. The van der Waals surface area contributed by atoms with Gasteiger partial charge in [0.2, 0.25) is 0 Å². The van der Waals surface area contributed by atoms with Gasteiger partial charge in [0.1, 0.15) is 5.52 Å². The van der Waals surface area contributed by atoms with E-state index in [9.17, 15) is 4.21 Å². The first kappa shape index (κ1) is 21.1. The zero-order chi connectivity index (χ0) is 20.5. The van der Waals surface area contributed by atoms with Crippen LogP contribution in [0.3, 0.4) is 0 Å². The Hall–Kier alpha value is -1.61. The van der Waals surface area contributed by atoms with Gasteiger partial charge in [0.25, 0.3) is 5.19 Å². The van der Waals surface area contributed by atoms with Gasteiger partial charge in [0.05, 0.1) is 31.7 Å². The normalized spacial score (nSPS) is 14.2. The molecule has 0 spiro atoms. The lowest BCUT2D eigenvalue weighted by Crippen LogP contribution is -2.35. The van der Waals surface area contributed by atoms with E-state index in [4.69, 9.17) is 16.3 Å². The second-order valence-corrected chi connectivity index (χ2v) is 10.6. The highest BCUT2D eigenvalue weighted by molar-refractivity contribution is 7.84. The van der Waals surface area contributed by atoms with Gasteiger partial charge in [-0.05, 0) is 39.3 Å². The summed E-state index contributed by atoms with van der Waals surface area (Å²) in [6.45, 7) is 7.47. The zero-order valence-electron chi connectivity index (χ0n) is 16.0. The first-order valence-electron chi connectivity index (χ1n) is 8.75. The van der Waals surface area contributed by atoms with Crippen LogP contribution in [0.15, 0.2) is 30.6 Å². The van der Waals surface area contributed by atoms with E-state index in [1.807, 2.05) is 33.8 Å². The van der Waals surface area contributed by atoms with Crippen LogP contribution in [0.4, 0.5) is 4.39 Å². The monoisotopic (exact) mass is 441 g/mol. The van der Waals surface area contributed by atoms with Gasteiger partial charge in [-0.1, -0.05) is 35.9 Å². The molecule has 0 aliphatic carbocycles. The molecule has 9 heteroatoms. The van der Waals surface area contributed by atoms with Gasteiger partial charge < -0.3 is 4.74 Å². The van der Waals surface area contributed by atoms with E-state index in [2.05, 4.69) is 14.7 Å². The Balaban J connectivity index is 1.93. The average molecular weight is 442 g/mol. The van der Waals surface area contributed by atoms with Crippen LogP contribution < -0.4 is 9.46 Å². The Labute approximate surface area is 174 Å². The van der Waals surface area contributed by atoms with Crippen molar-refractivity contribution >= 4 is 44.1 Å². The van der Waals surface area contributed by atoms with Crippen molar-refractivity contribution in [3.8, 4) is 10.9 Å². The maximum Gasteiger partial charge on any atom is 0.280 e. The number of benzene rings is 1. The fourth-order valence-electron chi connectivity index (χ4n) is 2.47. The molecule has 1 N–H and O–H groups in total. The lowest BCUT2D eigenvalue weighted by Gasteiger charge is -2.24. The molecule has 0 saturated carbocycles. The molecule has 2 atom stereocenters. The van der Waals surface area contributed by atoms with Gasteiger partial charge in [0.15, 0.2) is 11.6 Å². The number of pyridine rings is 1. The van der Waals surface area contributed by atoms with E-state index in [0.717, 1.165) is 4.70 Å². The maximum absolute atomic E-state index is 15.3. The molecule has 5 nitrogen and oxygen atoms in total. The molecule has 0 bridgehead atoms. The topological polar surface area (TPSA) is 64.1 Å². The molecule has 2 heterocycles. The minimum Gasteiger partial charge on any atom is -0.426 e. The van der Waals surface area contributed by atoms with Gasteiger partial charge in [-0.15, -0.1) is 0 Å². The van der Waals surface area contributed by atoms with Crippen LogP contribution in [0.1, 0.15) is 45.7 Å². The van der Waals surface area contributed by atoms with Crippen molar-refractivity contribution in [2.24, 2.45) is 0 Å². The van der Waals surface area contributed by atoms with Crippen molar-refractivity contribution < 1.29 is 13.3 Å². The summed E-state index contributed by atoms with van der Waals surface area (Å²) in [4.78, 5) is 8.33. The van der Waals surface area contributed by atoms with Crippen molar-refractivity contribution in [2.45, 2.75) is 44.9 Å². The van der Waals surface area contributed by atoms with E-state index in [-0.39, 0.29) is 16.0 Å². The predicted octanol–water partition coefficient (Wildman–Crippen LogP) is 5.78. The van der Waals surface area contributed by atoms with Crippen molar-refractivity contribution in [1.29, 1.82) is 0 Å². The summed E-state index contributed by atoms with van der Waals surface area (Å²) in [5, 5.41) is 0.422. The third kappa shape index (κ3) is 4.51. The molecule has 150 valence electrons. The summed E-state index contributed by atoms with van der Waals surface area (Å²) in [7, 11) is -1.34. The van der Waals surface area contributed by atoms with Crippen molar-refractivity contribution in [3.05, 3.63) is 47.0 Å². The smallest absolute Gasteiger partial charge is 0.280 e. The lowest BCUT2D eigenvalue weighted by molar-refractivity contribution is 0.431. The SMILES string of the molecule is CC[C@@H](N[S@](=O)C(C)(C)C)c1ccc(Cl)c(Oc2nc3cnccc3s2)c1F. The van der Waals surface area contributed by atoms with Gasteiger partial charge in [-0.3, -0.25) is 4.98 Å². The Morgan fingerprint density at radius 3 is 2.75 bits per heavy atom. The van der Waals surface area contributed by atoms with Crippen LogP contribution >= 0.6 is 22.9 Å². The van der Waals surface area contributed by atoms with Crippen LogP contribution in [-0.2, 0) is 11.0 Å². The summed E-state index contributed by atoms with van der Waals surface area (Å²) in [5.74, 6) is -0.678. The van der Waals surface area contributed by atoms with Crippen molar-refractivity contribution in [1.82, 2.24) is 14.7 Å². The minimum absolute atomic E-state index is 0.0898. The molecule has 3 rings (SSSR count). The number of nitrogens with one attached hydrogen (secondary N) is 1. The molecule has 2 aromatic heterocycles. The molecule has 0 radical (unpaired) electrons. The second kappa shape index (κ2) is 8.41. The van der Waals surface area contributed by atoms with E-state index in [1.54, 1.807) is 24.5 Å². The quantitative estimate of drug-likeness (QED) is 0.526. The van der Waals surface area contributed by atoms with E-state index >= 15 is 4.39 Å². The lowest BCUT2D eigenvalue weighted by atomic mass is 10.0. The van der Waals surface area contributed by atoms with Gasteiger partial charge >= 0.3 is 0 Å². The van der Waals surface area contributed by atoms with Gasteiger partial charge in [0, 0.05) is 17.8 Å². The summed E-state index contributed by atoms with van der Waals surface area (Å²) in [6.07, 6.45) is 3.82. The number of hydrogen-bond donors (Lipinski definition) is 1. The molecule has 1 aromatic carbocycles. The number of halogens is 2. The van der Waals surface area contributed by atoms with Crippen LogP contribution in [0.5, 0.6) is 10.9 Å². The van der Waals surface area contributed by atoms with Crippen LogP contribution in [-0.4, -0.2) is 18.9 Å². The minimum atomic E-state index is -1.34. The number of hydrogen-bond acceptors (Lipinski definition) is 5. The fourth-order valence-corrected chi connectivity index (χ4v) is 4.35. The number of aromatic nitrogens is 2. The molecule has 28 heavy (non-hydrogen) atoms. The number of nitrogens with zero attached hydrogens (tertiary/aromatic N) is 2. The molecule has 0 fully saturated rings. The molecular weight excluding hydrogens is 421 g/mol. The van der Waals surface area contributed by atoms with Gasteiger partial charge in [-0.25, -0.2) is 18.3 Å². The van der Waals surface area contributed by atoms with Gasteiger partial charge in [-0.2, -0.15) is 0 Å². The fraction of sp³-hybridized carbons (Fsp3) is 0.368. The third-order valence-electron chi connectivity index (χ3n) is 4.03. The summed E-state index contributed by atoms with van der Waals surface area (Å²) < 4.78 is 36.9. The van der Waals surface area contributed by atoms with Crippen LogP contribution in [0.25, 0.3) is 10.2 Å². The second-order valence-electron chi connectivity index (χ2n) is 7.16. The number of ether oxygens (including phenoxy) is 1. The summed E-state index contributed by atoms with van der Waals surface area (Å²) in [6, 6.07) is 4.54. The predicted molar refractivity (Wildman–Crippen MR) is 113 cm³/mol. The van der Waals surface area contributed by atoms with E-state index in [0.29, 0.717) is 17.5 Å². The molecule has 0 saturated heterocycles. The standard InChI is InChI=1S/C19H21ClFN3O2S2/c1-5-13(24-28(25)19(2,3)4)11-6-7-12(20)17(16(11)21)26-18-23-14-10-22-9-8-15(14)27-18/h6-10,13,24H,5H2,1-4H3/t13-,28-/m1/s1. The van der Waals surface area contributed by atoms with Crippen LogP contribution in [0.2, 0.25) is 5.02 Å². The molecule has 0 aliphatic heterocycles. The maximum atomic E-state index is 15.3. The Bertz CT molecular complexity index is 987.